The van der Waals surface area contributed by atoms with Crippen LogP contribution >= 0.6 is 11.3 Å². The fourth-order valence-electron chi connectivity index (χ4n) is 2.36. The zero-order valence-electron chi connectivity index (χ0n) is 11.8. The molecule has 1 saturated heterocycles. The van der Waals surface area contributed by atoms with Gasteiger partial charge in [-0.05, 0) is 17.9 Å². The summed E-state index contributed by atoms with van der Waals surface area (Å²) in [5.41, 5.74) is 1.01. The minimum Gasteiger partial charge on any atom is -0.384 e. The molecular weight excluding hydrogens is 272 g/mol. The number of amides is 1. The summed E-state index contributed by atoms with van der Waals surface area (Å²) in [5, 5.41) is 10.8. The quantitative estimate of drug-likeness (QED) is 0.832. The molecule has 0 unspecified atom stereocenters. The van der Waals surface area contributed by atoms with Gasteiger partial charge in [-0.15, -0.1) is 11.3 Å². The van der Waals surface area contributed by atoms with Gasteiger partial charge in [-0.3, -0.25) is 9.69 Å². The van der Waals surface area contributed by atoms with E-state index < -0.39 is 0 Å². The molecule has 1 aromatic heterocycles. The molecule has 1 aliphatic rings. The van der Waals surface area contributed by atoms with Gasteiger partial charge in [0, 0.05) is 50.1 Å². The largest absolute Gasteiger partial charge is 0.384 e. The molecule has 0 aromatic carbocycles. The van der Waals surface area contributed by atoms with Crippen LogP contribution in [0.2, 0.25) is 0 Å². The van der Waals surface area contributed by atoms with E-state index in [4.69, 9.17) is 5.11 Å². The number of aliphatic hydroxyl groups is 1. The third-order valence-corrected chi connectivity index (χ3v) is 4.35. The molecular formula is C15H20N2O2S. The lowest BCUT2D eigenvalue weighted by Gasteiger charge is -2.20. The minimum atomic E-state index is -0.105. The van der Waals surface area contributed by atoms with Crippen molar-refractivity contribution >= 4 is 17.2 Å². The van der Waals surface area contributed by atoms with Crippen molar-refractivity contribution in [3.05, 3.63) is 21.9 Å². The van der Waals surface area contributed by atoms with Gasteiger partial charge in [-0.2, -0.15) is 0 Å². The third kappa shape index (κ3) is 4.07. The number of aliphatic hydroxyl groups excluding tert-OH is 1. The monoisotopic (exact) mass is 292 g/mol. The second-order valence-corrected chi connectivity index (χ2v) is 5.85. The van der Waals surface area contributed by atoms with Crippen molar-refractivity contribution in [3.8, 4) is 11.8 Å². The molecule has 20 heavy (non-hydrogen) atoms. The molecule has 2 heterocycles. The first-order valence-electron chi connectivity index (χ1n) is 6.84. The van der Waals surface area contributed by atoms with Crippen LogP contribution < -0.4 is 0 Å². The summed E-state index contributed by atoms with van der Waals surface area (Å²) in [7, 11) is 0. The van der Waals surface area contributed by atoms with Crippen LogP contribution in [0, 0.1) is 11.8 Å². The van der Waals surface area contributed by atoms with E-state index in [9.17, 15) is 4.79 Å². The van der Waals surface area contributed by atoms with E-state index in [1.807, 2.05) is 16.3 Å². The summed E-state index contributed by atoms with van der Waals surface area (Å²) in [6, 6.07) is 2.00. The summed E-state index contributed by atoms with van der Waals surface area (Å²) >= 11 is 1.70. The second kappa shape index (κ2) is 7.44. The Bertz CT molecular complexity index is 515. The molecule has 1 N–H and O–H groups in total. The summed E-state index contributed by atoms with van der Waals surface area (Å²) in [4.78, 5) is 16.9. The van der Waals surface area contributed by atoms with Crippen LogP contribution in [0.4, 0.5) is 0 Å². The van der Waals surface area contributed by atoms with Gasteiger partial charge in [0.2, 0.25) is 5.91 Å². The smallest absolute Gasteiger partial charge is 0.219 e. The highest BCUT2D eigenvalue weighted by molar-refractivity contribution is 7.10. The molecule has 0 atom stereocenters. The van der Waals surface area contributed by atoms with Crippen molar-refractivity contribution in [2.24, 2.45) is 0 Å². The topological polar surface area (TPSA) is 43.8 Å². The van der Waals surface area contributed by atoms with E-state index in [2.05, 4.69) is 16.7 Å². The number of carbonyl (C=O) groups is 1. The standard InChI is InChI=1S/C15H20N2O2S/c1-13(19)17-7-3-6-16(8-9-17)12-15-14(4-2-10-18)5-11-20-15/h5,11,18H,3,6-10,12H2,1H3. The number of hydrogen-bond acceptors (Lipinski definition) is 4. The van der Waals surface area contributed by atoms with Gasteiger partial charge < -0.3 is 10.0 Å². The molecule has 0 bridgehead atoms. The molecule has 5 heteroatoms. The molecule has 1 fully saturated rings. The van der Waals surface area contributed by atoms with Crippen molar-refractivity contribution in [2.75, 3.05) is 32.8 Å². The summed E-state index contributed by atoms with van der Waals surface area (Å²) < 4.78 is 0. The van der Waals surface area contributed by atoms with Crippen LogP contribution in [-0.4, -0.2) is 53.6 Å². The molecule has 0 spiro atoms. The van der Waals surface area contributed by atoms with E-state index in [1.165, 1.54) is 4.88 Å². The zero-order chi connectivity index (χ0) is 14.4. The van der Waals surface area contributed by atoms with Crippen molar-refractivity contribution in [1.82, 2.24) is 9.80 Å². The molecule has 1 aromatic rings. The predicted octanol–water partition coefficient (Wildman–Crippen LogP) is 1.15. The second-order valence-electron chi connectivity index (χ2n) is 4.85. The molecule has 4 nitrogen and oxygen atoms in total. The maximum absolute atomic E-state index is 11.4. The van der Waals surface area contributed by atoms with Gasteiger partial charge in [-0.25, -0.2) is 0 Å². The molecule has 0 radical (unpaired) electrons. The summed E-state index contributed by atoms with van der Waals surface area (Å²) in [5.74, 6) is 5.86. The van der Waals surface area contributed by atoms with E-state index >= 15 is 0 Å². The first kappa shape index (κ1) is 15.0. The fraction of sp³-hybridized carbons (Fsp3) is 0.533. The van der Waals surface area contributed by atoms with Crippen LogP contribution in [0.5, 0.6) is 0 Å². The van der Waals surface area contributed by atoms with Crippen LogP contribution in [0.1, 0.15) is 23.8 Å². The normalized spacial score (nSPS) is 16.4. The molecule has 108 valence electrons. The Morgan fingerprint density at radius 3 is 3.00 bits per heavy atom. The predicted molar refractivity (Wildman–Crippen MR) is 80.4 cm³/mol. The van der Waals surface area contributed by atoms with Crippen LogP contribution in [0.3, 0.4) is 0 Å². The Hall–Kier alpha value is -1.35. The number of thiophene rings is 1. The van der Waals surface area contributed by atoms with Crippen molar-refractivity contribution in [1.29, 1.82) is 0 Å². The molecule has 1 aliphatic heterocycles. The summed E-state index contributed by atoms with van der Waals surface area (Å²) in [6.07, 6.45) is 1.02. The summed E-state index contributed by atoms with van der Waals surface area (Å²) in [6.45, 7) is 5.98. The number of nitrogens with zero attached hydrogens (tertiary/aromatic N) is 2. The van der Waals surface area contributed by atoms with Crippen LogP contribution in [0.15, 0.2) is 11.4 Å². The maximum atomic E-state index is 11.4. The molecule has 2 rings (SSSR count). The zero-order valence-corrected chi connectivity index (χ0v) is 12.6. The van der Waals surface area contributed by atoms with E-state index in [0.717, 1.165) is 44.7 Å². The Morgan fingerprint density at radius 2 is 2.25 bits per heavy atom. The highest BCUT2D eigenvalue weighted by Gasteiger charge is 2.17. The number of hydrogen-bond donors (Lipinski definition) is 1. The molecule has 1 amide bonds. The highest BCUT2D eigenvalue weighted by Crippen LogP contribution is 2.19. The third-order valence-electron chi connectivity index (χ3n) is 3.45. The number of carbonyl (C=O) groups excluding carboxylic acids is 1. The average molecular weight is 292 g/mol. The Kier molecular flexibility index (Phi) is 5.60. The highest BCUT2D eigenvalue weighted by atomic mass is 32.1. The van der Waals surface area contributed by atoms with E-state index in [1.54, 1.807) is 18.3 Å². The van der Waals surface area contributed by atoms with Crippen LogP contribution in [0.25, 0.3) is 0 Å². The Balaban J connectivity index is 1.97. The SMILES string of the molecule is CC(=O)N1CCCN(Cc2sccc2C#CCO)CC1. The van der Waals surface area contributed by atoms with Gasteiger partial charge in [0.1, 0.15) is 6.61 Å². The first-order chi connectivity index (χ1) is 9.70. The molecule has 0 aliphatic carbocycles. The lowest BCUT2D eigenvalue weighted by atomic mass is 10.2. The van der Waals surface area contributed by atoms with Gasteiger partial charge in [0.25, 0.3) is 0 Å². The van der Waals surface area contributed by atoms with Gasteiger partial charge >= 0.3 is 0 Å². The number of rotatable bonds is 2. The van der Waals surface area contributed by atoms with E-state index in [-0.39, 0.29) is 12.5 Å². The Labute approximate surface area is 124 Å². The van der Waals surface area contributed by atoms with E-state index in [0.29, 0.717) is 0 Å². The lowest BCUT2D eigenvalue weighted by Crippen LogP contribution is -2.33. The van der Waals surface area contributed by atoms with Gasteiger partial charge in [-0.1, -0.05) is 11.8 Å². The van der Waals surface area contributed by atoms with Gasteiger partial charge in [0.05, 0.1) is 0 Å². The molecule has 0 saturated carbocycles. The average Bonchev–Trinajstić information content (AvgIpc) is 2.71. The first-order valence-corrected chi connectivity index (χ1v) is 7.72. The Morgan fingerprint density at radius 1 is 1.40 bits per heavy atom. The van der Waals surface area contributed by atoms with Crippen molar-refractivity contribution < 1.29 is 9.90 Å². The van der Waals surface area contributed by atoms with Crippen LogP contribution in [-0.2, 0) is 11.3 Å². The van der Waals surface area contributed by atoms with Crippen molar-refractivity contribution in [3.63, 3.8) is 0 Å². The van der Waals surface area contributed by atoms with Crippen molar-refractivity contribution in [2.45, 2.75) is 19.9 Å². The maximum Gasteiger partial charge on any atom is 0.219 e. The minimum absolute atomic E-state index is 0.105. The van der Waals surface area contributed by atoms with Gasteiger partial charge in [0.15, 0.2) is 0 Å². The lowest BCUT2D eigenvalue weighted by molar-refractivity contribution is -0.128. The fourth-order valence-corrected chi connectivity index (χ4v) is 3.23.